The van der Waals surface area contributed by atoms with E-state index in [2.05, 4.69) is 44.3 Å². The standard InChI is InChI=1S/C8H19N.C7H14O2S/c1-6-9(7(2)3)8(4)5;1-7(2,5-10-4)6(8)9-3/h7-8H,6H2,1-5H3;5H2,1-4H3. The summed E-state index contributed by atoms with van der Waals surface area (Å²) in [5.74, 6) is 0.668. The number of methoxy groups -OCH3 is 1. The van der Waals surface area contributed by atoms with Gasteiger partial charge < -0.3 is 4.74 Å². The van der Waals surface area contributed by atoms with Crippen molar-refractivity contribution in [3.05, 3.63) is 0 Å². The van der Waals surface area contributed by atoms with Crippen LogP contribution in [0, 0.1) is 5.41 Å². The Morgan fingerprint density at radius 2 is 1.63 bits per heavy atom. The maximum absolute atomic E-state index is 11.0. The van der Waals surface area contributed by atoms with Gasteiger partial charge in [0.1, 0.15) is 0 Å². The van der Waals surface area contributed by atoms with E-state index in [4.69, 9.17) is 0 Å². The summed E-state index contributed by atoms with van der Waals surface area (Å²) in [6, 6.07) is 1.38. The molecule has 0 saturated carbocycles. The van der Waals surface area contributed by atoms with Crippen LogP contribution < -0.4 is 0 Å². The zero-order chi connectivity index (χ0) is 15.6. The van der Waals surface area contributed by atoms with Gasteiger partial charge in [-0.15, -0.1) is 0 Å². The molecular weight excluding hydrogens is 258 g/mol. The zero-order valence-corrected chi connectivity index (χ0v) is 15.1. The number of thioether (sulfide) groups is 1. The molecule has 19 heavy (non-hydrogen) atoms. The smallest absolute Gasteiger partial charge is 0.312 e. The SMILES string of the molecule is CCN(C(C)C)C(C)C.COC(=O)C(C)(C)CSC. The highest BCUT2D eigenvalue weighted by Crippen LogP contribution is 2.21. The first-order valence-corrected chi connectivity index (χ1v) is 8.36. The van der Waals surface area contributed by atoms with Gasteiger partial charge in [0.05, 0.1) is 12.5 Å². The molecule has 0 fully saturated rings. The summed E-state index contributed by atoms with van der Waals surface area (Å²) in [4.78, 5) is 13.4. The maximum Gasteiger partial charge on any atom is 0.312 e. The van der Waals surface area contributed by atoms with Gasteiger partial charge in [-0.2, -0.15) is 11.8 Å². The Hall–Kier alpha value is -0.220. The highest BCUT2D eigenvalue weighted by molar-refractivity contribution is 7.98. The molecule has 0 N–H and O–H groups in total. The van der Waals surface area contributed by atoms with Gasteiger partial charge in [0.15, 0.2) is 0 Å². The molecule has 0 spiro atoms. The van der Waals surface area contributed by atoms with Crippen molar-refractivity contribution in [3.63, 3.8) is 0 Å². The van der Waals surface area contributed by atoms with Crippen molar-refractivity contribution in [2.75, 3.05) is 25.7 Å². The molecule has 0 unspecified atom stereocenters. The normalized spacial score (nSPS) is 11.6. The van der Waals surface area contributed by atoms with Crippen molar-refractivity contribution in [3.8, 4) is 0 Å². The molecule has 116 valence electrons. The van der Waals surface area contributed by atoms with Crippen LogP contribution in [0.4, 0.5) is 0 Å². The summed E-state index contributed by atoms with van der Waals surface area (Å²) < 4.78 is 4.62. The number of ether oxygens (including phenoxy) is 1. The Bertz CT molecular complexity index is 232. The highest BCUT2D eigenvalue weighted by Gasteiger charge is 2.27. The van der Waals surface area contributed by atoms with E-state index in [-0.39, 0.29) is 11.4 Å². The van der Waals surface area contributed by atoms with Gasteiger partial charge in [-0.05, 0) is 54.3 Å². The minimum absolute atomic E-state index is 0.137. The zero-order valence-electron chi connectivity index (χ0n) is 14.2. The lowest BCUT2D eigenvalue weighted by molar-refractivity contribution is -0.149. The molecule has 0 aliphatic rings. The van der Waals surface area contributed by atoms with Crippen molar-refractivity contribution in [2.45, 2.75) is 60.5 Å². The van der Waals surface area contributed by atoms with Crippen molar-refractivity contribution >= 4 is 17.7 Å². The number of nitrogens with zero attached hydrogens (tertiary/aromatic N) is 1. The van der Waals surface area contributed by atoms with Gasteiger partial charge in [0.2, 0.25) is 0 Å². The van der Waals surface area contributed by atoms with Gasteiger partial charge in [-0.25, -0.2) is 0 Å². The predicted molar refractivity (Wildman–Crippen MR) is 86.8 cm³/mol. The predicted octanol–water partition coefficient (Wildman–Crippen LogP) is 3.67. The van der Waals surface area contributed by atoms with Crippen LogP contribution in [0.3, 0.4) is 0 Å². The van der Waals surface area contributed by atoms with Crippen molar-refractivity contribution < 1.29 is 9.53 Å². The molecule has 0 aliphatic heterocycles. The van der Waals surface area contributed by atoms with E-state index in [0.717, 1.165) is 12.3 Å². The van der Waals surface area contributed by atoms with E-state index in [9.17, 15) is 4.79 Å². The van der Waals surface area contributed by atoms with E-state index < -0.39 is 0 Å². The maximum atomic E-state index is 11.0. The third-order valence-electron chi connectivity index (χ3n) is 2.93. The molecule has 0 aromatic carbocycles. The Kier molecular flexibility index (Phi) is 11.7. The van der Waals surface area contributed by atoms with E-state index in [1.54, 1.807) is 11.8 Å². The van der Waals surface area contributed by atoms with Crippen LogP contribution in [0.25, 0.3) is 0 Å². The van der Waals surface area contributed by atoms with Gasteiger partial charge in [-0.1, -0.05) is 6.92 Å². The summed E-state index contributed by atoms with van der Waals surface area (Å²) in [6.45, 7) is 16.1. The lowest BCUT2D eigenvalue weighted by atomic mass is 9.97. The molecule has 0 rings (SSSR count). The Labute approximate surface area is 124 Å². The minimum Gasteiger partial charge on any atom is -0.469 e. The highest BCUT2D eigenvalue weighted by atomic mass is 32.2. The quantitative estimate of drug-likeness (QED) is 0.698. The molecule has 4 heteroatoms. The molecule has 3 nitrogen and oxygen atoms in total. The molecule has 0 aromatic rings. The second-order valence-corrected chi connectivity index (χ2v) is 6.69. The van der Waals surface area contributed by atoms with Crippen molar-refractivity contribution in [1.82, 2.24) is 4.90 Å². The second-order valence-electron chi connectivity index (χ2n) is 5.83. The average Bonchev–Trinajstić information content (AvgIpc) is 2.28. The number of rotatable bonds is 6. The molecule has 0 bridgehead atoms. The molecule has 0 saturated heterocycles. The molecule has 0 atom stereocenters. The van der Waals surface area contributed by atoms with Crippen LogP contribution in [0.5, 0.6) is 0 Å². The topological polar surface area (TPSA) is 29.5 Å². The summed E-state index contributed by atoms with van der Waals surface area (Å²) in [5.41, 5.74) is -0.339. The van der Waals surface area contributed by atoms with Crippen molar-refractivity contribution in [2.24, 2.45) is 5.41 Å². The number of hydrogen-bond acceptors (Lipinski definition) is 4. The molecule has 0 radical (unpaired) electrons. The van der Waals surface area contributed by atoms with Gasteiger partial charge in [-0.3, -0.25) is 9.69 Å². The molecule has 0 aliphatic carbocycles. The fourth-order valence-electron chi connectivity index (χ4n) is 2.02. The number of hydrogen-bond donors (Lipinski definition) is 0. The first kappa shape index (κ1) is 21.1. The van der Waals surface area contributed by atoms with Gasteiger partial charge >= 0.3 is 5.97 Å². The Morgan fingerprint density at radius 3 is 1.79 bits per heavy atom. The number of carbonyl (C=O) groups is 1. The van der Waals surface area contributed by atoms with E-state index in [1.165, 1.54) is 7.11 Å². The fraction of sp³-hybridized carbons (Fsp3) is 0.933. The second kappa shape index (κ2) is 10.6. The first-order valence-electron chi connectivity index (χ1n) is 6.97. The van der Waals surface area contributed by atoms with Crippen molar-refractivity contribution in [1.29, 1.82) is 0 Å². The minimum atomic E-state index is -0.339. The van der Waals surface area contributed by atoms with Crippen LogP contribution in [0.1, 0.15) is 48.5 Å². The molecule has 0 aromatic heterocycles. The summed E-state index contributed by atoms with van der Waals surface area (Å²) >= 11 is 1.65. The van der Waals surface area contributed by atoms with Crippen LogP contribution in [-0.4, -0.2) is 48.6 Å². The monoisotopic (exact) mass is 291 g/mol. The average molecular weight is 292 g/mol. The fourth-order valence-corrected chi connectivity index (χ4v) is 2.86. The van der Waals surface area contributed by atoms with E-state index >= 15 is 0 Å². The van der Waals surface area contributed by atoms with Crippen LogP contribution in [-0.2, 0) is 9.53 Å². The number of carbonyl (C=O) groups excluding carboxylic acids is 1. The van der Waals surface area contributed by atoms with Crippen LogP contribution >= 0.6 is 11.8 Å². The first-order chi connectivity index (χ1) is 8.63. The van der Waals surface area contributed by atoms with Crippen LogP contribution in [0.2, 0.25) is 0 Å². The van der Waals surface area contributed by atoms with E-state index in [1.807, 2.05) is 20.1 Å². The van der Waals surface area contributed by atoms with E-state index in [0.29, 0.717) is 12.1 Å². The van der Waals surface area contributed by atoms with Gasteiger partial charge in [0.25, 0.3) is 0 Å². The molecule has 0 heterocycles. The lowest BCUT2D eigenvalue weighted by Gasteiger charge is -2.28. The number of esters is 1. The third-order valence-corrected chi connectivity index (χ3v) is 3.95. The largest absolute Gasteiger partial charge is 0.469 e. The van der Waals surface area contributed by atoms with Gasteiger partial charge in [0, 0.05) is 17.8 Å². The Morgan fingerprint density at radius 1 is 1.21 bits per heavy atom. The summed E-state index contributed by atoms with van der Waals surface area (Å²) in [7, 11) is 1.42. The molecule has 0 amide bonds. The summed E-state index contributed by atoms with van der Waals surface area (Å²) in [5, 5.41) is 0. The Balaban J connectivity index is 0. The third kappa shape index (κ3) is 9.33. The lowest BCUT2D eigenvalue weighted by Crippen LogP contribution is -2.36. The summed E-state index contributed by atoms with van der Waals surface area (Å²) in [6.07, 6.45) is 1.98. The molecular formula is C15H33NO2S. The van der Waals surface area contributed by atoms with Crippen LogP contribution in [0.15, 0.2) is 0 Å².